The molecule has 0 fully saturated rings. The van der Waals surface area contributed by atoms with Crippen LogP contribution in [0.15, 0.2) is 30.6 Å². The van der Waals surface area contributed by atoms with Crippen molar-refractivity contribution < 1.29 is 4.79 Å². The molecular formula is C18H20N4O. The van der Waals surface area contributed by atoms with E-state index in [-0.39, 0.29) is 5.91 Å². The van der Waals surface area contributed by atoms with E-state index in [1.165, 1.54) is 6.92 Å². The normalized spacial score (nSPS) is 11.0. The molecule has 23 heavy (non-hydrogen) atoms. The highest BCUT2D eigenvalue weighted by molar-refractivity contribution is 5.95. The predicted molar refractivity (Wildman–Crippen MR) is 92.4 cm³/mol. The van der Waals surface area contributed by atoms with Gasteiger partial charge in [-0.2, -0.15) is 0 Å². The molecule has 1 amide bonds. The number of anilines is 1. The van der Waals surface area contributed by atoms with Crippen molar-refractivity contribution in [2.75, 3.05) is 5.32 Å². The summed E-state index contributed by atoms with van der Waals surface area (Å²) < 4.78 is 2.08. The molecule has 0 atom stereocenters. The van der Waals surface area contributed by atoms with Crippen molar-refractivity contribution in [2.45, 2.75) is 34.2 Å². The summed E-state index contributed by atoms with van der Waals surface area (Å²) in [5.74, 6) is 0.804. The molecule has 0 aliphatic heterocycles. The van der Waals surface area contributed by atoms with Crippen LogP contribution in [0.25, 0.3) is 22.4 Å². The lowest BCUT2D eigenvalue weighted by molar-refractivity contribution is -0.114. The van der Waals surface area contributed by atoms with E-state index in [2.05, 4.69) is 28.7 Å². The topological polar surface area (TPSA) is 59.8 Å². The number of rotatable bonds is 3. The molecule has 3 rings (SSSR count). The first-order valence-electron chi connectivity index (χ1n) is 7.70. The van der Waals surface area contributed by atoms with Crippen molar-refractivity contribution in [2.24, 2.45) is 0 Å². The first-order chi connectivity index (χ1) is 11.0. The molecule has 0 bridgehead atoms. The summed E-state index contributed by atoms with van der Waals surface area (Å²) in [7, 11) is 0. The third kappa shape index (κ3) is 2.82. The molecule has 0 radical (unpaired) electrons. The van der Waals surface area contributed by atoms with Gasteiger partial charge in [0, 0.05) is 36.9 Å². The highest BCUT2D eigenvalue weighted by Crippen LogP contribution is 2.28. The van der Waals surface area contributed by atoms with Crippen LogP contribution in [0.3, 0.4) is 0 Å². The number of carbonyl (C=O) groups excluding carboxylic acids is 1. The monoisotopic (exact) mass is 308 g/mol. The van der Waals surface area contributed by atoms with Gasteiger partial charge in [0.1, 0.15) is 5.69 Å². The minimum atomic E-state index is -0.0732. The smallest absolute Gasteiger partial charge is 0.221 e. The third-order valence-electron chi connectivity index (χ3n) is 3.92. The standard InChI is InChI=1S/C18H20N4O/c1-5-22-7-6-19-18(22)16-9-11(2)15-10-14(20-13(4)23)8-12(3)17(15)21-16/h6-10H,5H2,1-4H3,(H,20,23). The third-order valence-corrected chi connectivity index (χ3v) is 3.92. The van der Waals surface area contributed by atoms with Crippen molar-refractivity contribution in [1.82, 2.24) is 14.5 Å². The number of aryl methyl sites for hydroxylation is 3. The fourth-order valence-corrected chi connectivity index (χ4v) is 2.85. The zero-order valence-corrected chi connectivity index (χ0v) is 13.8. The highest BCUT2D eigenvalue weighted by Gasteiger charge is 2.12. The molecule has 1 aromatic carbocycles. The maximum absolute atomic E-state index is 11.3. The molecule has 0 spiro atoms. The number of nitrogens with zero attached hydrogens (tertiary/aromatic N) is 3. The molecule has 0 saturated carbocycles. The number of fused-ring (bicyclic) bond motifs is 1. The molecule has 1 N–H and O–H groups in total. The molecule has 5 nitrogen and oxygen atoms in total. The second-order valence-corrected chi connectivity index (χ2v) is 5.73. The first kappa shape index (κ1) is 15.2. The number of benzene rings is 1. The van der Waals surface area contributed by atoms with Gasteiger partial charge in [0.15, 0.2) is 5.82 Å². The van der Waals surface area contributed by atoms with Gasteiger partial charge in [-0.1, -0.05) is 0 Å². The maximum atomic E-state index is 11.3. The number of pyridine rings is 1. The van der Waals surface area contributed by atoms with Gasteiger partial charge in [0.05, 0.1) is 5.52 Å². The Kier molecular flexibility index (Phi) is 3.86. The summed E-state index contributed by atoms with van der Waals surface area (Å²) in [6.07, 6.45) is 3.76. The van der Waals surface area contributed by atoms with Crippen LogP contribution in [0.1, 0.15) is 25.0 Å². The van der Waals surface area contributed by atoms with Crippen LogP contribution in [0.5, 0.6) is 0 Å². The molecule has 0 aliphatic rings. The van der Waals surface area contributed by atoms with E-state index in [9.17, 15) is 4.79 Å². The van der Waals surface area contributed by atoms with Crippen molar-refractivity contribution in [1.29, 1.82) is 0 Å². The van der Waals surface area contributed by atoms with Crippen molar-refractivity contribution in [3.05, 3.63) is 41.7 Å². The Hall–Kier alpha value is -2.69. The SMILES string of the molecule is CCn1ccnc1-c1cc(C)c2cc(NC(C)=O)cc(C)c2n1. The highest BCUT2D eigenvalue weighted by atomic mass is 16.1. The van der Waals surface area contributed by atoms with Gasteiger partial charge in [-0.15, -0.1) is 0 Å². The van der Waals surface area contributed by atoms with E-state index in [0.29, 0.717) is 0 Å². The fourth-order valence-electron chi connectivity index (χ4n) is 2.85. The number of nitrogens with one attached hydrogen (secondary N) is 1. The summed E-state index contributed by atoms with van der Waals surface area (Å²) in [5, 5.41) is 3.89. The average molecular weight is 308 g/mol. The van der Waals surface area contributed by atoms with Crippen LogP contribution < -0.4 is 5.32 Å². The zero-order valence-electron chi connectivity index (χ0n) is 13.8. The van der Waals surface area contributed by atoms with Crippen LogP contribution in [0.4, 0.5) is 5.69 Å². The van der Waals surface area contributed by atoms with E-state index in [0.717, 1.165) is 45.8 Å². The number of hydrogen-bond donors (Lipinski definition) is 1. The van der Waals surface area contributed by atoms with Gasteiger partial charge in [0.2, 0.25) is 5.91 Å². The van der Waals surface area contributed by atoms with E-state index in [1.54, 1.807) is 6.20 Å². The lowest BCUT2D eigenvalue weighted by atomic mass is 10.0. The van der Waals surface area contributed by atoms with E-state index >= 15 is 0 Å². The van der Waals surface area contributed by atoms with Crippen LogP contribution in [0, 0.1) is 13.8 Å². The molecule has 0 aliphatic carbocycles. The van der Waals surface area contributed by atoms with E-state index in [1.807, 2.05) is 31.3 Å². The molecular weight excluding hydrogens is 288 g/mol. The second-order valence-electron chi connectivity index (χ2n) is 5.73. The number of amides is 1. The number of carbonyl (C=O) groups is 1. The summed E-state index contributed by atoms with van der Waals surface area (Å²) in [6.45, 7) is 8.52. The molecule has 2 heterocycles. The van der Waals surface area contributed by atoms with Crippen LogP contribution in [-0.4, -0.2) is 20.4 Å². The number of hydrogen-bond acceptors (Lipinski definition) is 3. The summed E-state index contributed by atoms with van der Waals surface area (Å²) in [4.78, 5) is 20.5. The summed E-state index contributed by atoms with van der Waals surface area (Å²) in [5.41, 5.74) is 4.77. The van der Waals surface area contributed by atoms with Crippen LogP contribution in [-0.2, 0) is 11.3 Å². The zero-order chi connectivity index (χ0) is 16.6. The minimum Gasteiger partial charge on any atom is -0.330 e. The van der Waals surface area contributed by atoms with Gasteiger partial charge >= 0.3 is 0 Å². The Bertz CT molecular complexity index is 895. The Morgan fingerprint density at radius 2 is 2.00 bits per heavy atom. The average Bonchev–Trinajstić information content (AvgIpc) is 2.96. The number of imidazole rings is 1. The maximum Gasteiger partial charge on any atom is 0.221 e. The van der Waals surface area contributed by atoms with Gasteiger partial charge < -0.3 is 9.88 Å². The quantitative estimate of drug-likeness (QED) is 0.802. The molecule has 5 heteroatoms. The van der Waals surface area contributed by atoms with E-state index in [4.69, 9.17) is 4.98 Å². The van der Waals surface area contributed by atoms with E-state index < -0.39 is 0 Å². The summed E-state index contributed by atoms with van der Waals surface area (Å²) >= 11 is 0. The van der Waals surface area contributed by atoms with Gasteiger partial charge in [-0.25, -0.2) is 9.97 Å². The fraction of sp³-hybridized carbons (Fsp3) is 0.278. The lowest BCUT2D eigenvalue weighted by Crippen LogP contribution is -2.06. The van der Waals surface area contributed by atoms with Crippen LogP contribution in [0.2, 0.25) is 0 Å². The molecule has 2 aromatic heterocycles. The molecule has 118 valence electrons. The van der Waals surface area contributed by atoms with Gasteiger partial charge in [0.25, 0.3) is 0 Å². The largest absolute Gasteiger partial charge is 0.330 e. The van der Waals surface area contributed by atoms with Gasteiger partial charge in [-0.3, -0.25) is 4.79 Å². The Morgan fingerprint density at radius 1 is 1.22 bits per heavy atom. The molecule has 0 saturated heterocycles. The molecule has 3 aromatic rings. The second kappa shape index (κ2) is 5.83. The predicted octanol–water partition coefficient (Wildman–Crippen LogP) is 3.69. The van der Waals surface area contributed by atoms with Crippen molar-refractivity contribution in [3.63, 3.8) is 0 Å². The van der Waals surface area contributed by atoms with Crippen molar-refractivity contribution in [3.8, 4) is 11.5 Å². The Labute approximate surface area is 135 Å². The Morgan fingerprint density at radius 3 is 2.70 bits per heavy atom. The minimum absolute atomic E-state index is 0.0732. The Balaban J connectivity index is 2.19. The summed E-state index contributed by atoms with van der Waals surface area (Å²) in [6, 6.07) is 5.97. The lowest BCUT2D eigenvalue weighted by Gasteiger charge is -2.12. The van der Waals surface area contributed by atoms with Crippen LogP contribution >= 0.6 is 0 Å². The van der Waals surface area contributed by atoms with Crippen molar-refractivity contribution >= 4 is 22.5 Å². The van der Waals surface area contributed by atoms with Gasteiger partial charge in [-0.05, 0) is 50.1 Å². The molecule has 0 unspecified atom stereocenters. The number of aromatic nitrogens is 3. The first-order valence-corrected chi connectivity index (χ1v) is 7.70.